The number of hydrogen-bond donors (Lipinski definition) is 2. The topological polar surface area (TPSA) is 107 Å². The lowest BCUT2D eigenvalue weighted by atomic mass is 10.0. The molecule has 37 heavy (non-hydrogen) atoms. The van der Waals surface area contributed by atoms with Crippen molar-refractivity contribution in [1.29, 1.82) is 0 Å². The number of nitrogens with one attached hydrogen (secondary N) is 1. The van der Waals surface area contributed by atoms with E-state index in [9.17, 15) is 19.5 Å². The lowest BCUT2D eigenvalue weighted by Gasteiger charge is -2.24. The molecule has 0 bridgehead atoms. The van der Waals surface area contributed by atoms with Gasteiger partial charge in [-0.15, -0.1) is 0 Å². The van der Waals surface area contributed by atoms with Gasteiger partial charge in [-0.05, 0) is 48.2 Å². The van der Waals surface area contributed by atoms with E-state index in [1.165, 1.54) is 4.57 Å². The first kappa shape index (κ1) is 26.0. The lowest BCUT2D eigenvalue weighted by Crippen LogP contribution is -2.40. The number of aryl methyl sites for hydroxylation is 1. The van der Waals surface area contributed by atoms with Crippen LogP contribution in [0.4, 0.5) is 0 Å². The number of pyridine rings is 1. The van der Waals surface area contributed by atoms with Crippen LogP contribution < -0.4 is 20.3 Å². The first-order chi connectivity index (χ1) is 17.9. The number of nitrogens with zero attached hydrogens (tertiary/aromatic N) is 1. The molecule has 3 aromatic rings. The Morgan fingerprint density at radius 2 is 1.84 bits per heavy atom. The van der Waals surface area contributed by atoms with Crippen molar-refractivity contribution in [2.75, 3.05) is 6.79 Å². The van der Waals surface area contributed by atoms with E-state index >= 15 is 0 Å². The van der Waals surface area contributed by atoms with Gasteiger partial charge in [-0.25, -0.2) is 0 Å². The van der Waals surface area contributed by atoms with Crippen molar-refractivity contribution >= 4 is 11.9 Å². The van der Waals surface area contributed by atoms with Gasteiger partial charge in [-0.3, -0.25) is 14.4 Å². The molecule has 1 amide bonds. The summed E-state index contributed by atoms with van der Waals surface area (Å²) in [6.07, 6.45) is 3.90. The van der Waals surface area contributed by atoms with Gasteiger partial charge in [0.2, 0.25) is 12.7 Å². The first-order valence-electron chi connectivity index (χ1n) is 12.5. The molecule has 2 heterocycles. The molecule has 2 aromatic carbocycles. The predicted octanol–water partition coefficient (Wildman–Crippen LogP) is 4.54. The molecule has 1 aliphatic heterocycles. The number of aromatic nitrogens is 1. The first-order valence-corrected chi connectivity index (χ1v) is 12.5. The Labute approximate surface area is 215 Å². The maximum absolute atomic E-state index is 13.7. The van der Waals surface area contributed by atoms with E-state index in [4.69, 9.17) is 9.47 Å². The molecular formula is C29H32N2O6. The van der Waals surface area contributed by atoms with Gasteiger partial charge in [0.25, 0.3) is 5.56 Å². The van der Waals surface area contributed by atoms with Gasteiger partial charge in [0, 0.05) is 18.2 Å². The zero-order valence-electron chi connectivity index (χ0n) is 21.1. The van der Waals surface area contributed by atoms with Crippen molar-refractivity contribution in [1.82, 2.24) is 9.88 Å². The normalized spacial score (nSPS) is 13.7. The summed E-state index contributed by atoms with van der Waals surface area (Å²) in [5, 5.41) is 12.4. The van der Waals surface area contributed by atoms with Gasteiger partial charge < -0.3 is 24.5 Å². The maximum atomic E-state index is 13.7. The average Bonchev–Trinajstić information content (AvgIpc) is 3.35. The van der Waals surface area contributed by atoms with E-state index < -0.39 is 24.0 Å². The smallest absolute Gasteiger partial charge is 0.305 e. The Hall–Kier alpha value is -4.07. The van der Waals surface area contributed by atoms with Crippen molar-refractivity contribution in [3.63, 3.8) is 0 Å². The second-order valence-corrected chi connectivity index (χ2v) is 9.35. The summed E-state index contributed by atoms with van der Waals surface area (Å²) >= 11 is 0. The van der Waals surface area contributed by atoms with E-state index in [1.807, 2.05) is 50.2 Å². The van der Waals surface area contributed by atoms with Crippen molar-refractivity contribution in [3.05, 3.63) is 93.4 Å². The number of carbonyl (C=O) groups is 2. The molecule has 194 valence electrons. The van der Waals surface area contributed by atoms with Crippen LogP contribution in [0.5, 0.6) is 11.5 Å². The zero-order chi connectivity index (χ0) is 26.4. The number of carboxylic acids is 1. The fourth-order valence-corrected chi connectivity index (χ4v) is 4.61. The highest BCUT2D eigenvalue weighted by molar-refractivity contribution is 5.81. The second kappa shape index (κ2) is 11.8. The van der Waals surface area contributed by atoms with Gasteiger partial charge in [0.1, 0.15) is 6.04 Å². The third kappa shape index (κ3) is 6.39. The van der Waals surface area contributed by atoms with E-state index in [1.54, 1.807) is 24.4 Å². The quantitative estimate of drug-likeness (QED) is 0.397. The summed E-state index contributed by atoms with van der Waals surface area (Å²) in [6.45, 7) is 4.02. The number of fused-ring (bicyclic) bond motifs is 1. The standard InChI is InChI=1S/C29H32N2O6/c1-3-4-10-24(31-17-19(2)13-22(29(31)35)14-20-8-6-5-7-9-20)28(34)30-23(16-27(32)33)21-11-12-25-26(15-21)37-18-36-25/h5-9,11-13,15,17,23-24H,3-4,10,14,16,18H2,1-2H3,(H,30,34)(H,32,33). The molecule has 2 unspecified atom stereocenters. The summed E-state index contributed by atoms with van der Waals surface area (Å²) < 4.78 is 12.3. The number of aliphatic carboxylic acids is 1. The minimum Gasteiger partial charge on any atom is -0.481 e. The van der Waals surface area contributed by atoms with Crippen LogP contribution in [0, 0.1) is 6.92 Å². The van der Waals surface area contributed by atoms with E-state index in [0.717, 1.165) is 24.0 Å². The van der Waals surface area contributed by atoms with Gasteiger partial charge in [-0.1, -0.05) is 56.2 Å². The van der Waals surface area contributed by atoms with E-state index in [-0.39, 0.29) is 18.8 Å². The van der Waals surface area contributed by atoms with E-state index in [0.29, 0.717) is 35.5 Å². The molecule has 4 rings (SSSR count). The fourth-order valence-electron chi connectivity index (χ4n) is 4.61. The number of carbonyl (C=O) groups excluding carboxylic acids is 1. The number of unbranched alkanes of at least 4 members (excludes halogenated alkanes) is 1. The molecule has 0 radical (unpaired) electrons. The highest BCUT2D eigenvalue weighted by atomic mass is 16.7. The maximum Gasteiger partial charge on any atom is 0.305 e. The van der Waals surface area contributed by atoms with Gasteiger partial charge in [-0.2, -0.15) is 0 Å². The van der Waals surface area contributed by atoms with Crippen LogP contribution in [0.3, 0.4) is 0 Å². The minimum absolute atomic E-state index is 0.0927. The Morgan fingerprint density at radius 1 is 1.08 bits per heavy atom. The molecule has 0 aliphatic carbocycles. The molecule has 2 N–H and O–H groups in total. The predicted molar refractivity (Wildman–Crippen MR) is 139 cm³/mol. The van der Waals surface area contributed by atoms with Crippen LogP contribution in [0.25, 0.3) is 0 Å². The van der Waals surface area contributed by atoms with Gasteiger partial charge >= 0.3 is 5.97 Å². The molecule has 8 heteroatoms. The summed E-state index contributed by atoms with van der Waals surface area (Å²) in [6, 6.07) is 15.1. The SMILES string of the molecule is CCCCC(C(=O)NC(CC(=O)O)c1ccc2c(c1)OCO2)n1cc(C)cc(Cc2ccccc2)c1=O. The lowest BCUT2D eigenvalue weighted by molar-refractivity contribution is -0.138. The summed E-state index contributed by atoms with van der Waals surface area (Å²) in [4.78, 5) is 38.9. The van der Waals surface area contributed by atoms with Crippen LogP contribution in [0.2, 0.25) is 0 Å². The van der Waals surface area contributed by atoms with Crippen LogP contribution in [-0.2, 0) is 16.0 Å². The van der Waals surface area contributed by atoms with Crippen LogP contribution in [-0.4, -0.2) is 28.3 Å². The third-order valence-electron chi connectivity index (χ3n) is 6.46. The molecule has 2 atom stereocenters. The van der Waals surface area contributed by atoms with Crippen molar-refractivity contribution in [2.45, 2.75) is 58.0 Å². The summed E-state index contributed by atoms with van der Waals surface area (Å²) in [5.41, 5.74) is 2.87. The summed E-state index contributed by atoms with van der Waals surface area (Å²) in [7, 11) is 0. The fraction of sp³-hybridized carbons (Fsp3) is 0.345. The Morgan fingerprint density at radius 3 is 2.57 bits per heavy atom. The molecule has 0 saturated heterocycles. The number of carboxylic acid groups (broad SMARTS) is 1. The van der Waals surface area contributed by atoms with Crippen LogP contribution in [0.15, 0.2) is 65.6 Å². The Balaban J connectivity index is 1.65. The second-order valence-electron chi connectivity index (χ2n) is 9.35. The largest absolute Gasteiger partial charge is 0.481 e. The number of rotatable bonds is 11. The molecule has 1 aliphatic rings. The number of hydrogen-bond acceptors (Lipinski definition) is 5. The van der Waals surface area contributed by atoms with Gasteiger partial charge in [0.05, 0.1) is 12.5 Å². The Kier molecular flexibility index (Phi) is 8.28. The highest BCUT2D eigenvalue weighted by Gasteiger charge is 2.27. The number of ether oxygens (including phenoxy) is 2. The molecule has 0 saturated carbocycles. The van der Waals surface area contributed by atoms with Crippen LogP contribution in [0.1, 0.15) is 66.9 Å². The monoisotopic (exact) mass is 504 g/mol. The minimum atomic E-state index is -1.05. The van der Waals surface area contributed by atoms with E-state index in [2.05, 4.69) is 5.32 Å². The Bertz CT molecular complexity index is 1320. The van der Waals surface area contributed by atoms with Crippen molar-refractivity contribution < 1.29 is 24.2 Å². The molecule has 1 aromatic heterocycles. The van der Waals surface area contributed by atoms with Crippen molar-refractivity contribution in [2.24, 2.45) is 0 Å². The average molecular weight is 505 g/mol. The molecule has 0 spiro atoms. The third-order valence-corrected chi connectivity index (χ3v) is 6.46. The van der Waals surface area contributed by atoms with Crippen LogP contribution >= 0.6 is 0 Å². The summed E-state index contributed by atoms with van der Waals surface area (Å²) in [5.74, 6) is -0.367. The number of amides is 1. The van der Waals surface area contributed by atoms with Gasteiger partial charge in [0.15, 0.2) is 11.5 Å². The zero-order valence-corrected chi connectivity index (χ0v) is 21.1. The highest BCUT2D eigenvalue weighted by Crippen LogP contribution is 2.35. The number of benzene rings is 2. The van der Waals surface area contributed by atoms with Crippen molar-refractivity contribution in [3.8, 4) is 11.5 Å². The molecule has 8 nitrogen and oxygen atoms in total. The molecule has 0 fully saturated rings. The molecular weight excluding hydrogens is 472 g/mol.